The zero-order chi connectivity index (χ0) is 37.5. The summed E-state index contributed by atoms with van der Waals surface area (Å²) in [4.78, 5) is 7.40. The van der Waals surface area contributed by atoms with Gasteiger partial charge in [-0.3, -0.25) is 0 Å². The molecule has 11 rings (SSSR count). The summed E-state index contributed by atoms with van der Waals surface area (Å²) >= 11 is 1.90. The van der Waals surface area contributed by atoms with Crippen LogP contribution in [0.25, 0.3) is 20.2 Å². The van der Waals surface area contributed by atoms with Crippen molar-refractivity contribution in [3.05, 3.63) is 193 Å². The number of para-hydroxylation sites is 4. The highest BCUT2D eigenvalue weighted by atomic mass is 32.1. The van der Waals surface area contributed by atoms with Crippen LogP contribution in [0.3, 0.4) is 0 Å². The van der Waals surface area contributed by atoms with Crippen LogP contribution in [-0.4, -0.2) is 6.71 Å². The monoisotopic (exact) mass is 735 g/mol. The Bertz CT molecular complexity index is 2910. The maximum Gasteiger partial charge on any atom is 0.252 e. The molecule has 0 amide bonds. The molecule has 0 aliphatic carbocycles. The van der Waals surface area contributed by atoms with Crippen molar-refractivity contribution in [2.24, 2.45) is 0 Å². The average Bonchev–Trinajstić information content (AvgIpc) is 3.58. The Kier molecular flexibility index (Phi) is 7.48. The predicted molar refractivity (Wildman–Crippen MR) is 242 cm³/mol. The molecular formula is C51H38BN3S. The molecule has 2 aliphatic rings. The fourth-order valence-electron chi connectivity index (χ4n) is 9.50. The number of benzene rings is 8. The summed E-state index contributed by atoms with van der Waals surface area (Å²) in [6, 6.07) is 64.8. The van der Waals surface area contributed by atoms with Crippen molar-refractivity contribution in [2.45, 2.75) is 20.8 Å². The summed E-state index contributed by atoms with van der Waals surface area (Å²) in [7, 11) is 0. The predicted octanol–water partition coefficient (Wildman–Crippen LogP) is 12.5. The molecule has 3 heterocycles. The van der Waals surface area contributed by atoms with Gasteiger partial charge in [-0.2, -0.15) is 0 Å². The lowest BCUT2D eigenvalue weighted by molar-refractivity contribution is 1.20. The highest BCUT2D eigenvalue weighted by Crippen LogP contribution is 2.48. The number of anilines is 9. The van der Waals surface area contributed by atoms with Crippen LogP contribution in [0.1, 0.15) is 16.7 Å². The lowest BCUT2D eigenvalue weighted by Gasteiger charge is -2.44. The van der Waals surface area contributed by atoms with Gasteiger partial charge in [-0.05, 0) is 127 Å². The van der Waals surface area contributed by atoms with E-state index in [9.17, 15) is 0 Å². The van der Waals surface area contributed by atoms with Crippen molar-refractivity contribution in [1.82, 2.24) is 0 Å². The first-order valence-corrected chi connectivity index (χ1v) is 20.2. The van der Waals surface area contributed by atoms with Crippen LogP contribution in [0.4, 0.5) is 51.2 Å². The standard InChI is InChI=1S/C51H38BN3S/c1-33-28-34(2)51(35(3)29-33)55-46-25-15-24-45-50(46)52(42-22-13-14-23-44(42)54(45)38-20-11-6-12-21-38)43-32-49-41(31-47(43)55)40-27-26-39(30-48(40)56-49)53(36-16-7-4-8-17-36)37-18-9-5-10-19-37/h4-32H,1-3H3. The molecule has 56 heavy (non-hydrogen) atoms. The van der Waals surface area contributed by atoms with E-state index < -0.39 is 0 Å². The molecule has 0 bridgehead atoms. The van der Waals surface area contributed by atoms with Crippen LogP contribution in [0.2, 0.25) is 0 Å². The third-order valence-electron chi connectivity index (χ3n) is 11.6. The summed E-state index contributed by atoms with van der Waals surface area (Å²) in [5, 5.41) is 2.58. The minimum atomic E-state index is 0.0755. The summed E-state index contributed by atoms with van der Waals surface area (Å²) in [5.41, 5.74) is 18.7. The van der Waals surface area contributed by atoms with Crippen LogP contribution >= 0.6 is 11.3 Å². The van der Waals surface area contributed by atoms with Gasteiger partial charge in [0.25, 0.3) is 6.71 Å². The third-order valence-corrected chi connectivity index (χ3v) is 12.8. The molecule has 0 N–H and O–H groups in total. The first-order valence-electron chi connectivity index (χ1n) is 19.4. The van der Waals surface area contributed by atoms with Crippen LogP contribution < -0.4 is 31.1 Å². The first kappa shape index (κ1) is 32.8. The van der Waals surface area contributed by atoms with E-state index in [0.29, 0.717) is 0 Å². The van der Waals surface area contributed by atoms with Gasteiger partial charge in [-0.25, -0.2) is 0 Å². The van der Waals surface area contributed by atoms with Gasteiger partial charge < -0.3 is 14.7 Å². The van der Waals surface area contributed by atoms with E-state index in [0.717, 1.165) is 17.1 Å². The van der Waals surface area contributed by atoms with E-state index >= 15 is 0 Å². The zero-order valence-corrected chi connectivity index (χ0v) is 32.4. The molecule has 1 aromatic heterocycles. The molecule has 8 aromatic carbocycles. The minimum Gasteiger partial charge on any atom is -0.311 e. The largest absolute Gasteiger partial charge is 0.311 e. The maximum atomic E-state index is 2.58. The topological polar surface area (TPSA) is 9.72 Å². The van der Waals surface area contributed by atoms with Gasteiger partial charge in [0.05, 0.1) is 5.69 Å². The second-order valence-corrected chi connectivity index (χ2v) is 16.2. The quantitative estimate of drug-likeness (QED) is 0.163. The van der Waals surface area contributed by atoms with E-state index in [2.05, 4.69) is 211 Å². The van der Waals surface area contributed by atoms with E-state index in [1.165, 1.54) is 87.4 Å². The van der Waals surface area contributed by atoms with E-state index in [1.807, 2.05) is 11.3 Å². The third kappa shape index (κ3) is 4.97. The van der Waals surface area contributed by atoms with Crippen molar-refractivity contribution in [3.63, 3.8) is 0 Å². The molecule has 0 saturated heterocycles. The van der Waals surface area contributed by atoms with Gasteiger partial charge >= 0.3 is 0 Å². The molecule has 0 unspecified atom stereocenters. The molecule has 5 heteroatoms. The van der Waals surface area contributed by atoms with Crippen molar-refractivity contribution in [1.29, 1.82) is 0 Å². The second kappa shape index (κ2) is 12.8. The van der Waals surface area contributed by atoms with Gasteiger partial charge in [-0.1, -0.05) is 103 Å². The van der Waals surface area contributed by atoms with Gasteiger partial charge in [-0.15, -0.1) is 11.3 Å². The van der Waals surface area contributed by atoms with Crippen LogP contribution in [0.5, 0.6) is 0 Å². The SMILES string of the molecule is Cc1cc(C)c(N2c3cc4c(cc3B3c5ccccc5N(c5ccccc5)c5cccc2c53)sc2cc(N(c3ccccc3)c3ccccc3)ccc24)c(C)c1. The number of rotatable bonds is 5. The second-order valence-electron chi connectivity index (χ2n) is 15.2. The molecule has 0 atom stereocenters. The van der Waals surface area contributed by atoms with E-state index in [-0.39, 0.29) is 6.71 Å². The lowest BCUT2D eigenvalue weighted by atomic mass is 9.33. The first-order chi connectivity index (χ1) is 27.5. The number of hydrogen-bond acceptors (Lipinski definition) is 4. The Morgan fingerprint density at radius 3 is 1.73 bits per heavy atom. The molecule has 0 spiro atoms. The van der Waals surface area contributed by atoms with Crippen molar-refractivity contribution >= 4 is 106 Å². The van der Waals surface area contributed by atoms with Gasteiger partial charge in [0, 0.05) is 65.7 Å². The number of aryl methyl sites for hydroxylation is 3. The van der Waals surface area contributed by atoms with Crippen LogP contribution in [-0.2, 0) is 0 Å². The Morgan fingerprint density at radius 2 is 1.04 bits per heavy atom. The normalized spacial score (nSPS) is 12.8. The van der Waals surface area contributed by atoms with Crippen molar-refractivity contribution < 1.29 is 0 Å². The smallest absolute Gasteiger partial charge is 0.252 e. The summed E-state index contributed by atoms with van der Waals surface area (Å²) in [5.74, 6) is 0. The highest BCUT2D eigenvalue weighted by molar-refractivity contribution is 7.26. The number of fused-ring (bicyclic) bond motifs is 7. The molecule has 9 aromatic rings. The number of thiophene rings is 1. The molecule has 0 saturated carbocycles. The summed E-state index contributed by atoms with van der Waals surface area (Å²) in [6.45, 7) is 6.82. The van der Waals surface area contributed by atoms with Crippen LogP contribution in [0, 0.1) is 20.8 Å². The number of nitrogens with zero attached hydrogens (tertiary/aromatic N) is 3. The number of hydrogen-bond donors (Lipinski definition) is 0. The van der Waals surface area contributed by atoms with Crippen molar-refractivity contribution in [3.8, 4) is 0 Å². The summed E-state index contributed by atoms with van der Waals surface area (Å²) < 4.78 is 2.59. The molecule has 0 radical (unpaired) electrons. The molecule has 0 fully saturated rings. The Labute approximate surface area is 332 Å². The van der Waals surface area contributed by atoms with E-state index in [1.54, 1.807) is 0 Å². The van der Waals surface area contributed by atoms with Crippen LogP contribution in [0.15, 0.2) is 176 Å². The fourth-order valence-corrected chi connectivity index (χ4v) is 10.7. The maximum absolute atomic E-state index is 2.58. The Morgan fingerprint density at radius 1 is 0.446 bits per heavy atom. The average molecular weight is 736 g/mol. The van der Waals surface area contributed by atoms with Gasteiger partial charge in [0.2, 0.25) is 0 Å². The highest BCUT2D eigenvalue weighted by Gasteiger charge is 2.43. The Balaban J connectivity index is 1.18. The molecule has 266 valence electrons. The zero-order valence-electron chi connectivity index (χ0n) is 31.6. The molecule has 2 aliphatic heterocycles. The minimum absolute atomic E-state index is 0.0755. The van der Waals surface area contributed by atoms with Gasteiger partial charge in [0.1, 0.15) is 0 Å². The van der Waals surface area contributed by atoms with Crippen molar-refractivity contribution in [2.75, 3.05) is 14.7 Å². The van der Waals surface area contributed by atoms with E-state index in [4.69, 9.17) is 0 Å². The summed E-state index contributed by atoms with van der Waals surface area (Å²) in [6.07, 6.45) is 0. The lowest BCUT2D eigenvalue weighted by Crippen LogP contribution is -2.61. The molecular weight excluding hydrogens is 697 g/mol. The van der Waals surface area contributed by atoms with Gasteiger partial charge in [0.15, 0.2) is 0 Å². The fraction of sp³-hybridized carbons (Fsp3) is 0.0588. The molecule has 3 nitrogen and oxygen atoms in total. The Hall–Kier alpha value is -6.56.